The Morgan fingerprint density at radius 3 is 2.67 bits per heavy atom. The van der Waals surface area contributed by atoms with Gasteiger partial charge < -0.3 is 10.1 Å². The summed E-state index contributed by atoms with van der Waals surface area (Å²) in [5.41, 5.74) is 0.710. The maximum atomic E-state index is 11.8. The largest absolute Gasteiger partial charge is 0.494 e. The van der Waals surface area contributed by atoms with Crippen molar-refractivity contribution in [2.75, 3.05) is 11.9 Å². The van der Waals surface area contributed by atoms with Crippen LogP contribution in [-0.4, -0.2) is 12.5 Å². The first kappa shape index (κ1) is 15.9. The van der Waals surface area contributed by atoms with E-state index in [2.05, 4.69) is 21.2 Å². The zero-order chi connectivity index (χ0) is 15.1. The average Bonchev–Trinajstić information content (AvgIpc) is 2.45. The second-order valence-electron chi connectivity index (χ2n) is 4.46. The Morgan fingerprint density at radius 2 is 1.95 bits per heavy atom. The molecule has 2 aromatic carbocycles. The van der Waals surface area contributed by atoms with Gasteiger partial charge in [0, 0.05) is 21.6 Å². The van der Waals surface area contributed by atoms with E-state index in [0.29, 0.717) is 30.2 Å². The van der Waals surface area contributed by atoms with E-state index in [1.54, 1.807) is 18.2 Å². The predicted octanol–water partition coefficient (Wildman–Crippen LogP) is 4.90. The van der Waals surface area contributed by atoms with Crippen LogP contribution in [0.25, 0.3) is 0 Å². The molecule has 0 radical (unpaired) electrons. The zero-order valence-corrected chi connectivity index (χ0v) is 13.7. The number of rotatable bonds is 6. The Labute approximate surface area is 137 Å². The molecule has 0 aromatic heterocycles. The van der Waals surface area contributed by atoms with Crippen molar-refractivity contribution in [1.82, 2.24) is 0 Å². The van der Waals surface area contributed by atoms with Crippen molar-refractivity contribution in [1.29, 1.82) is 0 Å². The Bertz CT molecular complexity index is 601. The van der Waals surface area contributed by atoms with E-state index in [9.17, 15) is 4.79 Å². The van der Waals surface area contributed by atoms with Crippen molar-refractivity contribution >= 4 is 39.1 Å². The lowest BCUT2D eigenvalue weighted by atomic mass is 10.2. The van der Waals surface area contributed by atoms with Crippen LogP contribution in [0.5, 0.6) is 5.75 Å². The minimum atomic E-state index is -0.0447. The lowest BCUT2D eigenvalue weighted by Gasteiger charge is -2.07. The topological polar surface area (TPSA) is 38.3 Å². The molecule has 0 aliphatic rings. The number of ether oxygens (including phenoxy) is 1. The number of anilines is 1. The lowest BCUT2D eigenvalue weighted by Crippen LogP contribution is -2.12. The molecule has 0 bridgehead atoms. The van der Waals surface area contributed by atoms with Crippen molar-refractivity contribution in [3.05, 3.63) is 58.0 Å². The van der Waals surface area contributed by atoms with E-state index < -0.39 is 0 Å². The Kier molecular flexibility index (Phi) is 6.08. The molecule has 0 aliphatic heterocycles. The molecule has 0 saturated heterocycles. The molecule has 21 heavy (non-hydrogen) atoms. The standard InChI is InChI=1S/C16H15BrClNO2/c17-12-6-8-15(9-7-12)21-10-2-5-16(20)19-14-4-1-3-13(18)11-14/h1,3-4,6-9,11H,2,5,10H2,(H,19,20). The first-order chi connectivity index (χ1) is 10.1. The molecule has 110 valence electrons. The summed E-state index contributed by atoms with van der Waals surface area (Å²) in [4.78, 5) is 11.8. The second-order valence-corrected chi connectivity index (χ2v) is 5.82. The Balaban J connectivity index is 1.68. The highest BCUT2D eigenvalue weighted by atomic mass is 79.9. The van der Waals surface area contributed by atoms with Crippen molar-refractivity contribution in [3.8, 4) is 5.75 Å². The quantitative estimate of drug-likeness (QED) is 0.736. The fraction of sp³-hybridized carbons (Fsp3) is 0.188. The van der Waals surface area contributed by atoms with Crippen molar-refractivity contribution in [2.24, 2.45) is 0 Å². The first-order valence-electron chi connectivity index (χ1n) is 6.57. The van der Waals surface area contributed by atoms with E-state index in [0.717, 1.165) is 10.2 Å². The summed E-state index contributed by atoms with van der Waals surface area (Å²) < 4.78 is 6.57. The summed E-state index contributed by atoms with van der Waals surface area (Å²) in [6.07, 6.45) is 1.06. The third-order valence-corrected chi connectivity index (χ3v) is 3.50. The number of hydrogen-bond acceptors (Lipinski definition) is 2. The van der Waals surface area contributed by atoms with Crippen molar-refractivity contribution in [2.45, 2.75) is 12.8 Å². The normalized spacial score (nSPS) is 10.2. The average molecular weight is 369 g/mol. The Hall–Kier alpha value is -1.52. The van der Waals surface area contributed by atoms with Crippen LogP contribution < -0.4 is 10.1 Å². The molecule has 0 fully saturated rings. The molecule has 1 amide bonds. The van der Waals surface area contributed by atoms with Crippen LogP contribution in [0.2, 0.25) is 5.02 Å². The fourth-order valence-corrected chi connectivity index (χ4v) is 2.20. The Morgan fingerprint density at radius 1 is 1.19 bits per heavy atom. The SMILES string of the molecule is O=C(CCCOc1ccc(Br)cc1)Nc1cccc(Cl)c1. The third-order valence-electron chi connectivity index (χ3n) is 2.74. The van der Waals surface area contributed by atoms with Gasteiger partial charge in [0.05, 0.1) is 6.61 Å². The van der Waals surface area contributed by atoms with Gasteiger partial charge in [-0.1, -0.05) is 33.6 Å². The number of halogens is 2. The van der Waals surface area contributed by atoms with Crippen LogP contribution in [0.3, 0.4) is 0 Å². The molecule has 0 aliphatic carbocycles. The third kappa shape index (κ3) is 5.78. The molecule has 0 heterocycles. The highest BCUT2D eigenvalue weighted by Crippen LogP contribution is 2.17. The minimum absolute atomic E-state index is 0.0447. The summed E-state index contributed by atoms with van der Waals surface area (Å²) in [6.45, 7) is 0.505. The molecule has 1 N–H and O–H groups in total. The lowest BCUT2D eigenvalue weighted by molar-refractivity contribution is -0.116. The molecule has 0 atom stereocenters. The van der Waals surface area contributed by atoms with Gasteiger partial charge in [-0.25, -0.2) is 0 Å². The number of benzene rings is 2. The molecule has 3 nitrogen and oxygen atoms in total. The molecular formula is C16H15BrClNO2. The van der Waals surface area contributed by atoms with E-state index in [1.165, 1.54) is 0 Å². The van der Waals surface area contributed by atoms with E-state index >= 15 is 0 Å². The van der Waals surface area contributed by atoms with E-state index in [4.69, 9.17) is 16.3 Å². The van der Waals surface area contributed by atoms with Crippen molar-refractivity contribution in [3.63, 3.8) is 0 Å². The van der Waals surface area contributed by atoms with E-state index in [1.807, 2.05) is 30.3 Å². The molecule has 0 saturated carbocycles. The van der Waals surface area contributed by atoms with Gasteiger partial charge in [-0.3, -0.25) is 4.79 Å². The van der Waals surface area contributed by atoms with Crippen LogP contribution in [0, 0.1) is 0 Å². The molecule has 0 spiro atoms. The van der Waals surface area contributed by atoms with Gasteiger partial charge in [0.25, 0.3) is 0 Å². The summed E-state index contributed by atoms with van der Waals surface area (Å²) in [6, 6.07) is 14.7. The van der Waals surface area contributed by atoms with Crippen LogP contribution >= 0.6 is 27.5 Å². The highest BCUT2D eigenvalue weighted by Gasteiger charge is 2.03. The number of carbonyl (C=O) groups is 1. The summed E-state index contributed by atoms with van der Waals surface area (Å²) in [5, 5.41) is 3.41. The van der Waals surface area contributed by atoms with Crippen LogP contribution in [0.15, 0.2) is 53.0 Å². The molecule has 2 rings (SSSR count). The van der Waals surface area contributed by atoms with Gasteiger partial charge in [-0.2, -0.15) is 0 Å². The predicted molar refractivity (Wildman–Crippen MR) is 89.0 cm³/mol. The molecule has 2 aromatic rings. The van der Waals surface area contributed by atoms with Gasteiger partial charge in [0.15, 0.2) is 0 Å². The first-order valence-corrected chi connectivity index (χ1v) is 7.74. The number of carbonyl (C=O) groups excluding carboxylic acids is 1. The van der Waals surface area contributed by atoms with Gasteiger partial charge in [0.2, 0.25) is 5.91 Å². The summed E-state index contributed by atoms with van der Waals surface area (Å²) in [5.74, 6) is 0.755. The van der Waals surface area contributed by atoms with Gasteiger partial charge >= 0.3 is 0 Å². The molecule has 0 unspecified atom stereocenters. The van der Waals surface area contributed by atoms with Crippen molar-refractivity contribution < 1.29 is 9.53 Å². The molecular weight excluding hydrogens is 354 g/mol. The smallest absolute Gasteiger partial charge is 0.224 e. The van der Waals surface area contributed by atoms with Crippen LogP contribution in [0.4, 0.5) is 5.69 Å². The zero-order valence-electron chi connectivity index (χ0n) is 11.3. The van der Waals surface area contributed by atoms with Gasteiger partial charge in [0.1, 0.15) is 5.75 Å². The number of hydrogen-bond donors (Lipinski definition) is 1. The maximum Gasteiger partial charge on any atom is 0.224 e. The second kappa shape index (κ2) is 8.05. The summed E-state index contributed by atoms with van der Waals surface area (Å²) in [7, 11) is 0. The maximum absolute atomic E-state index is 11.8. The van der Waals surface area contributed by atoms with Gasteiger partial charge in [-0.05, 0) is 48.9 Å². The minimum Gasteiger partial charge on any atom is -0.494 e. The molecule has 5 heteroatoms. The van der Waals surface area contributed by atoms with Crippen LogP contribution in [0.1, 0.15) is 12.8 Å². The van der Waals surface area contributed by atoms with Crippen LogP contribution in [-0.2, 0) is 4.79 Å². The monoisotopic (exact) mass is 367 g/mol. The van der Waals surface area contributed by atoms with E-state index in [-0.39, 0.29) is 5.91 Å². The number of nitrogens with one attached hydrogen (secondary N) is 1. The fourth-order valence-electron chi connectivity index (χ4n) is 1.74. The van der Waals surface area contributed by atoms with Gasteiger partial charge in [-0.15, -0.1) is 0 Å². The number of amides is 1. The summed E-state index contributed by atoms with van der Waals surface area (Å²) >= 11 is 9.22. The highest BCUT2D eigenvalue weighted by molar-refractivity contribution is 9.10.